The maximum Gasteiger partial charge on any atom is 0.338 e. The molecule has 0 aliphatic heterocycles. The number of ether oxygens (including phenoxy) is 2. The summed E-state index contributed by atoms with van der Waals surface area (Å²) in [6, 6.07) is 8.80. The molecule has 0 saturated carbocycles. The van der Waals surface area contributed by atoms with Crippen LogP contribution in [0.2, 0.25) is 0 Å². The minimum Gasteiger partial charge on any atom is -0.466 e. The van der Waals surface area contributed by atoms with E-state index in [4.69, 9.17) is 9.47 Å². The average molecular weight is 250 g/mol. The number of benzene rings is 1. The van der Waals surface area contributed by atoms with Crippen molar-refractivity contribution in [1.29, 1.82) is 0 Å². The highest BCUT2D eigenvalue weighted by atomic mass is 16.5. The van der Waals surface area contributed by atoms with E-state index in [9.17, 15) is 9.59 Å². The number of esters is 2. The quantitative estimate of drug-likeness (QED) is 0.551. The molecule has 0 heterocycles. The summed E-state index contributed by atoms with van der Waals surface area (Å²) in [5, 5.41) is 0. The van der Waals surface area contributed by atoms with Gasteiger partial charge in [-0.25, -0.2) is 4.79 Å². The topological polar surface area (TPSA) is 52.6 Å². The van der Waals surface area contributed by atoms with Crippen LogP contribution in [0.15, 0.2) is 30.3 Å². The Morgan fingerprint density at radius 2 is 1.72 bits per heavy atom. The number of hydrogen-bond acceptors (Lipinski definition) is 4. The van der Waals surface area contributed by atoms with Crippen molar-refractivity contribution in [3.63, 3.8) is 0 Å². The molecule has 0 amide bonds. The monoisotopic (exact) mass is 250 g/mol. The highest BCUT2D eigenvalue weighted by Crippen LogP contribution is 2.01. The standard InChI is InChI=1S/C14H18O4/c1-2-7-13(15)17-10-6-11-18-14(16)12-8-4-3-5-9-12/h3-5,8-9H,2,6-7,10-11H2,1H3. The van der Waals surface area contributed by atoms with E-state index in [0.717, 1.165) is 6.42 Å². The van der Waals surface area contributed by atoms with E-state index < -0.39 is 0 Å². The Bertz CT molecular complexity index is 373. The first-order valence-corrected chi connectivity index (χ1v) is 6.12. The Labute approximate surface area is 107 Å². The zero-order valence-electron chi connectivity index (χ0n) is 10.6. The molecule has 98 valence electrons. The van der Waals surface area contributed by atoms with Gasteiger partial charge in [-0.3, -0.25) is 4.79 Å². The summed E-state index contributed by atoms with van der Waals surface area (Å²) in [6.45, 7) is 2.47. The summed E-state index contributed by atoms with van der Waals surface area (Å²) < 4.78 is 9.98. The van der Waals surface area contributed by atoms with Gasteiger partial charge in [0.1, 0.15) is 0 Å². The van der Waals surface area contributed by atoms with Gasteiger partial charge in [-0.2, -0.15) is 0 Å². The first-order valence-electron chi connectivity index (χ1n) is 6.12. The summed E-state index contributed by atoms with van der Waals surface area (Å²) in [4.78, 5) is 22.5. The minimum absolute atomic E-state index is 0.202. The SMILES string of the molecule is CCCC(=O)OCCCOC(=O)c1ccccc1. The second-order valence-corrected chi connectivity index (χ2v) is 3.83. The van der Waals surface area contributed by atoms with Crippen LogP contribution in [-0.2, 0) is 14.3 Å². The molecule has 1 aromatic rings. The van der Waals surface area contributed by atoms with Gasteiger partial charge >= 0.3 is 11.9 Å². The normalized spacial score (nSPS) is 9.83. The van der Waals surface area contributed by atoms with Crippen LogP contribution in [0.5, 0.6) is 0 Å². The van der Waals surface area contributed by atoms with E-state index in [0.29, 0.717) is 25.0 Å². The lowest BCUT2D eigenvalue weighted by atomic mass is 10.2. The smallest absolute Gasteiger partial charge is 0.338 e. The number of carbonyl (C=O) groups is 2. The summed E-state index contributed by atoms with van der Waals surface area (Å²) >= 11 is 0. The lowest BCUT2D eigenvalue weighted by Crippen LogP contribution is -2.10. The zero-order valence-corrected chi connectivity index (χ0v) is 10.6. The molecule has 1 rings (SSSR count). The molecule has 1 aromatic carbocycles. The van der Waals surface area contributed by atoms with Gasteiger partial charge in [0.25, 0.3) is 0 Å². The Balaban J connectivity index is 2.11. The third-order valence-electron chi connectivity index (χ3n) is 2.25. The van der Waals surface area contributed by atoms with E-state index >= 15 is 0 Å². The van der Waals surface area contributed by atoms with Crippen LogP contribution in [0.3, 0.4) is 0 Å². The van der Waals surface area contributed by atoms with Crippen LogP contribution < -0.4 is 0 Å². The van der Waals surface area contributed by atoms with Crippen molar-refractivity contribution < 1.29 is 19.1 Å². The zero-order chi connectivity index (χ0) is 13.2. The molecular weight excluding hydrogens is 232 g/mol. The predicted molar refractivity (Wildman–Crippen MR) is 67.2 cm³/mol. The second kappa shape index (κ2) is 8.28. The molecule has 4 nitrogen and oxygen atoms in total. The van der Waals surface area contributed by atoms with Crippen LogP contribution in [0.1, 0.15) is 36.5 Å². The van der Waals surface area contributed by atoms with Gasteiger partial charge in [0, 0.05) is 12.8 Å². The van der Waals surface area contributed by atoms with E-state index in [1.807, 2.05) is 13.0 Å². The van der Waals surface area contributed by atoms with Gasteiger partial charge in [-0.15, -0.1) is 0 Å². The van der Waals surface area contributed by atoms with E-state index in [1.165, 1.54) is 0 Å². The maximum absolute atomic E-state index is 11.5. The lowest BCUT2D eigenvalue weighted by Gasteiger charge is -2.05. The van der Waals surface area contributed by atoms with E-state index in [1.54, 1.807) is 24.3 Å². The largest absolute Gasteiger partial charge is 0.466 e. The molecule has 0 unspecified atom stereocenters. The molecule has 18 heavy (non-hydrogen) atoms. The molecular formula is C14H18O4. The molecule has 0 spiro atoms. The average Bonchev–Trinajstić information content (AvgIpc) is 2.39. The Kier molecular flexibility index (Phi) is 6.54. The molecule has 0 fully saturated rings. The highest BCUT2D eigenvalue weighted by molar-refractivity contribution is 5.89. The van der Waals surface area contributed by atoms with Gasteiger partial charge in [-0.05, 0) is 18.6 Å². The van der Waals surface area contributed by atoms with Gasteiger partial charge < -0.3 is 9.47 Å². The van der Waals surface area contributed by atoms with E-state index in [2.05, 4.69) is 0 Å². The van der Waals surface area contributed by atoms with Crippen molar-refractivity contribution in [2.75, 3.05) is 13.2 Å². The first kappa shape index (κ1) is 14.2. The summed E-state index contributed by atoms with van der Waals surface area (Å²) in [5.41, 5.74) is 0.528. The number of hydrogen-bond donors (Lipinski definition) is 0. The first-order chi connectivity index (χ1) is 8.74. The van der Waals surface area contributed by atoms with Gasteiger partial charge in [0.05, 0.1) is 18.8 Å². The molecule has 0 saturated heterocycles. The van der Waals surface area contributed by atoms with Crippen molar-refractivity contribution in [3.05, 3.63) is 35.9 Å². The molecule has 0 radical (unpaired) electrons. The molecule has 0 bridgehead atoms. The maximum atomic E-state index is 11.5. The van der Waals surface area contributed by atoms with Crippen molar-refractivity contribution in [1.82, 2.24) is 0 Å². The third-order valence-corrected chi connectivity index (χ3v) is 2.25. The van der Waals surface area contributed by atoms with Crippen LogP contribution >= 0.6 is 0 Å². The fraction of sp³-hybridized carbons (Fsp3) is 0.429. The van der Waals surface area contributed by atoms with Crippen LogP contribution in [0.25, 0.3) is 0 Å². The van der Waals surface area contributed by atoms with Crippen molar-refractivity contribution >= 4 is 11.9 Å². The Morgan fingerprint density at radius 1 is 1.06 bits per heavy atom. The van der Waals surface area contributed by atoms with Gasteiger partial charge in [-0.1, -0.05) is 25.1 Å². The van der Waals surface area contributed by atoms with Crippen molar-refractivity contribution in [3.8, 4) is 0 Å². The third kappa shape index (κ3) is 5.48. The number of rotatable bonds is 7. The van der Waals surface area contributed by atoms with E-state index in [-0.39, 0.29) is 18.5 Å². The van der Waals surface area contributed by atoms with Crippen LogP contribution in [0, 0.1) is 0 Å². The van der Waals surface area contributed by atoms with Crippen molar-refractivity contribution in [2.45, 2.75) is 26.2 Å². The number of carbonyl (C=O) groups excluding carboxylic acids is 2. The molecule has 0 N–H and O–H groups in total. The molecule has 0 atom stereocenters. The molecule has 0 aromatic heterocycles. The fourth-order valence-corrected chi connectivity index (χ4v) is 1.34. The minimum atomic E-state index is -0.351. The van der Waals surface area contributed by atoms with Crippen molar-refractivity contribution in [2.24, 2.45) is 0 Å². The molecule has 0 aliphatic carbocycles. The fourth-order valence-electron chi connectivity index (χ4n) is 1.34. The highest BCUT2D eigenvalue weighted by Gasteiger charge is 2.05. The lowest BCUT2D eigenvalue weighted by molar-refractivity contribution is -0.143. The van der Waals surface area contributed by atoms with Crippen LogP contribution in [0.4, 0.5) is 0 Å². The Hall–Kier alpha value is -1.84. The van der Waals surface area contributed by atoms with Gasteiger partial charge in [0.15, 0.2) is 0 Å². The molecule has 4 heteroatoms. The summed E-state index contributed by atoms with van der Waals surface area (Å²) in [6.07, 6.45) is 1.74. The summed E-state index contributed by atoms with van der Waals surface area (Å²) in [5.74, 6) is -0.553. The second-order valence-electron chi connectivity index (χ2n) is 3.83. The van der Waals surface area contributed by atoms with Gasteiger partial charge in [0.2, 0.25) is 0 Å². The molecule has 0 aliphatic rings. The Morgan fingerprint density at radius 3 is 2.39 bits per heavy atom. The summed E-state index contributed by atoms with van der Waals surface area (Å²) in [7, 11) is 0. The predicted octanol–water partition coefficient (Wildman–Crippen LogP) is 2.58. The van der Waals surface area contributed by atoms with Crippen LogP contribution in [-0.4, -0.2) is 25.2 Å².